The Kier molecular flexibility index (Phi) is 2.68. The average Bonchev–Trinajstić information content (AvgIpc) is 2.74. The summed E-state index contributed by atoms with van der Waals surface area (Å²) in [6, 6.07) is 5.44. The quantitative estimate of drug-likeness (QED) is 0.855. The van der Waals surface area contributed by atoms with Gasteiger partial charge in [-0.25, -0.2) is 0 Å². The molecule has 0 saturated heterocycles. The van der Waals surface area contributed by atoms with Crippen LogP contribution in [0.2, 0.25) is 0 Å². The first-order chi connectivity index (χ1) is 7.77. The van der Waals surface area contributed by atoms with Crippen LogP contribution < -0.4 is 15.2 Å². The van der Waals surface area contributed by atoms with Crippen molar-refractivity contribution in [3.8, 4) is 22.8 Å². The van der Waals surface area contributed by atoms with Crippen molar-refractivity contribution in [3.63, 3.8) is 0 Å². The van der Waals surface area contributed by atoms with Crippen LogP contribution >= 0.6 is 0 Å². The molecule has 0 saturated carbocycles. The molecule has 0 atom stereocenters. The molecule has 2 rings (SSSR count). The maximum atomic E-state index is 5.75. The van der Waals surface area contributed by atoms with E-state index < -0.39 is 0 Å². The summed E-state index contributed by atoms with van der Waals surface area (Å²) in [7, 11) is 3.15. The van der Waals surface area contributed by atoms with E-state index in [1.807, 2.05) is 6.07 Å². The first-order valence-corrected chi connectivity index (χ1v) is 4.69. The van der Waals surface area contributed by atoms with Crippen molar-refractivity contribution in [2.45, 2.75) is 0 Å². The third kappa shape index (κ3) is 1.56. The third-order valence-corrected chi connectivity index (χ3v) is 2.25. The summed E-state index contributed by atoms with van der Waals surface area (Å²) in [5.41, 5.74) is 6.87. The summed E-state index contributed by atoms with van der Waals surface area (Å²) in [6.07, 6.45) is 1.45. The molecule has 16 heavy (non-hydrogen) atoms. The topological polar surface area (TPSA) is 70.5 Å². The van der Waals surface area contributed by atoms with Crippen molar-refractivity contribution in [3.05, 3.63) is 24.4 Å². The van der Waals surface area contributed by atoms with E-state index in [0.717, 1.165) is 0 Å². The van der Waals surface area contributed by atoms with Gasteiger partial charge in [0.25, 0.3) is 0 Å². The van der Waals surface area contributed by atoms with Gasteiger partial charge in [-0.3, -0.25) is 0 Å². The number of hydrogen-bond donors (Lipinski definition) is 1. The minimum absolute atomic E-state index is 0.447. The Labute approximate surface area is 92.8 Å². The number of aromatic nitrogens is 1. The molecule has 0 aliphatic heterocycles. The highest BCUT2D eigenvalue weighted by molar-refractivity contribution is 5.80. The molecule has 0 aliphatic carbocycles. The van der Waals surface area contributed by atoms with Crippen molar-refractivity contribution in [1.82, 2.24) is 5.16 Å². The minimum Gasteiger partial charge on any atom is -0.496 e. The molecule has 2 aromatic rings. The lowest BCUT2D eigenvalue weighted by Gasteiger charge is -2.10. The molecule has 5 nitrogen and oxygen atoms in total. The summed E-state index contributed by atoms with van der Waals surface area (Å²) in [6.45, 7) is 0. The Morgan fingerprint density at radius 2 is 1.81 bits per heavy atom. The van der Waals surface area contributed by atoms with Crippen molar-refractivity contribution < 1.29 is 14.0 Å². The second kappa shape index (κ2) is 4.14. The molecule has 0 aliphatic rings. The first kappa shape index (κ1) is 10.4. The van der Waals surface area contributed by atoms with E-state index in [1.54, 1.807) is 26.4 Å². The van der Waals surface area contributed by atoms with Crippen LogP contribution in [-0.4, -0.2) is 19.4 Å². The summed E-state index contributed by atoms with van der Waals surface area (Å²) < 4.78 is 15.6. The molecule has 0 amide bonds. The molecular formula is C11H12N2O3. The van der Waals surface area contributed by atoms with Gasteiger partial charge in [0.05, 0.1) is 20.4 Å². The van der Waals surface area contributed by atoms with E-state index in [1.165, 1.54) is 6.20 Å². The van der Waals surface area contributed by atoms with E-state index >= 15 is 0 Å². The highest BCUT2D eigenvalue weighted by Crippen LogP contribution is 2.40. The third-order valence-electron chi connectivity index (χ3n) is 2.25. The van der Waals surface area contributed by atoms with Gasteiger partial charge >= 0.3 is 0 Å². The molecule has 0 spiro atoms. The van der Waals surface area contributed by atoms with Crippen LogP contribution in [0.5, 0.6) is 11.5 Å². The lowest BCUT2D eigenvalue weighted by molar-refractivity contribution is 0.387. The number of rotatable bonds is 3. The average molecular weight is 220 g/mol. The first-order valence-electron chi connectivity index (χ1n) is 4.69. The molecule has 84 valence electrons. The predicted molar refractivity (Wildman–Crippen MR) is 59.5 cm³/mol. The van der Waals surface area contributed by atoms with Gasteiger partial charge in [0.15, 0.2) is 5.76 Å². The van der Waals surface area contributed by atoms with E-state index in [-0.39, 0.29) is 0 Å². The molecule has 1 aromatic heterocycles. The fourth-order valence-electron chi connectivity index (χ4n) is 1.51. The zero-order valence-electron chi connectivity index (χ0n) is 9.06. The number of nitrogen functional groups attached to an aromatic ring is 1. The van der Waals surface area contributed by atoms with Gasteiger partial charge in [0, 0.05) is 0 Å². The number of nitrogens with zero attached hydrogens (tertiary/aromatic N) is 1. The van der Waals surface area contributed by atoms with Crippen LogP contribution in [0, 0.1) is 0 Å². The maximum Gasteiger partial charge on any atom is 0.197 e. The van der Waals surface area contributed by atoms with Gasteiger partial charge in [0.1, 0.15) is 22.7 Å². The molecule has 0 radical (unpaired) electrons. The van der Waals surface area contributed by atoms with Gasteiger partial charge < -0.3 is 19.7 Å². The number of anilines is 1. The van der Waals surface area contributed by atoms with Crippen LogP contribution in [0.15, 0.2) is 28.9 Å². The Morgan fingerprint density at radius 3 is 2.25 bits per heavy atom. The van der Waals surface area contributed by atoms with Crippen LogP contribution in [0.3, 0.4) is 0 Å². The second-order valence-corrected chi connectivity index (χ2v) is 3.15. The predicted octanol–water partition coefficient (Wildman–Crippen LogP) is 1.94. The summed E-state index contributed by atoms with van der Waals surface area (Å²) in [4.78, 5) is 0. The summed E-state index contributed by atoms with van der Waals surface area (Å²) in [5, 5.41) is 3.64. The van der Waals surface area contributed by atoms with Gasteiger partial charge in [-0.1, -0.05) is 11.2 Å². The highest BCUT2D eigenvalue weighted by Gasteiger charge is 2.18. The van der Waals surface area contributed by atoms with Crippen molar-refractivity contribution >= 4 is 5.69 Å². The van der Waals surface area contributed by atoms with Crippen molar-refractivity contribution in [1.29, 1.82) is 0 Å². The Bertz CT molecular complexity index is 471. The lowest BCUT2D eigenvalue weighted by atomic mass is 10.1. The summed E-state index contributed by atoms with van der Waals surface area (Å²) >= 11 is 0. The fraction of sp³-hybridized carbons (Fsp3) is 0.182. The summed E-state index contributed by atoms with van der Waals surface area (Å²) in [5.74, 6) is 1.71. The minimum atomic E-state index is 0.447. The molecule has 1 aromatic carbocycles. The zero-order chi connectivity index (χ0) is 11.5. The van der Waals surface area contributed by atoms with Crippen molar-refractivity contribution in [2.24, 2.45) is 0 Å². The number of hydrogen-bond acceptors (Lipinski definition) is 5. The molecule has 5 heteroatoms. The molecule has 0 fully saturated rings. The Balaban J connectivity index is 2.66. The second-order valence-electron chi connectivity index (χ2n) is 3.15. The molecule has 1 heterocycles. The molecular weight excluding hydrogens is 208 g/mol. The number of ether oxygens (including phenoxy) is 2. The fourth-order valence-corrected chi connectivity index (χ4v) is 1.51. The molecule has 0 unspecified atom stereocenters. The van der Waals surface area contributed by atoms with Gasteiger partial charge in [0.2, 0.25) is 0 Å². The van der Waals surface area contributed by atoms with Crippen LogP contribution in [-0.2, 0) is 0 Å². The Hall–Kier alpha value is -2.17. The van der Waals surface area contributed by atoms with Gasteiger partial charge in [-0.15, -0.1) is 0 Å². The van der Waals surface area contributed by atoms with Gasteiger partial charge in [-0.2, -0.15) is 0 Å². The van der Waals surface area contributed by atoms with Crippen LogP contribution in [0.4, 0.5) is 5.69 Å². The number of benzene rings is 1. The van der Waals surface area contributed by atoms with Gasteiger partial charge in [-0.05, 0) is 12.1 Å². The van der Waals surface area contributed by atoms with E-state index in [9.17, 15) is 0 Å². The lowest BCUT2D eigenvalue weighted by Crippen LogP contribution is -1.94. The van der Waals surface area contributed by atoms with Crippen molar-refractivity contribution in [2.75, 3.05) is 20.0 Å². The standard InChI is InChI=1S/C11H12N2O3/c1-14-8-4-3-5-9(15-2)10(8)11-7(12)6-13-16-11/h3-6H,12H2,1-2H3. The monoisotopic (exact) mass is 220 g/mol. The largest absolute Gasteiger partial charge is 0.496 e. The highest BCUT2D eigenvalue weighted by atomic mass is 16.5. The van der Waals surface area contributed by atoms with Crippen LogP contribution in [0.25, 0.3) is 11.3 Å². The van der Waals surface area contributed by atoms with E-state index in [0.29, 0.717) is 28.5 Å². The normalized spacial score (nSPS) is 10.1. The molecule has 2 N–H and O–H groups in total. The number of methoxy groups -OCH3 is 2. The zero-order valence-corrected chi connectivity index (χ0v) is 9.06. The Morgan fingerprint density at radius 1 is 1.19 bits per heavy atom. The number of nitrogens with two attached hydrogens (primary N) is 1. The van der Waals surface area contributed by atoms with E-state index in [2.05, 4.69) is 5.16 Å². The van der Waals surface area contributed by atoms with Crippen LogP contribution in [0.1, 0.15) is 0 Å². The van der Waals surface area contributed by atoms with E-state index in [4.69, 9.17) is 19.7 Å². The SMILES string of the molecule is COc1cccc(OC)c1-c1oncc1N. The smallest absolute Gasteiger partial charge is 0.197 e. The molecule has 0 bridgehead atoms. The maximum absolute atomic E-state index is 5.75.